The lowest BCUT2D eigenvalue weighted by Gasteiger charge is -2.40. The smallest absolute Gasteiger partial charge is 0.173 e. The van der Waals surface area contributed by atoms with E-state index in [4.69, 9.17) is 9.15 Å². The molecule has 0 saturated carbocycles. The number of para-hydroxylation sites is 2. The first-order valence-electron chi connectivity index (χ1n) is 10.8. The maximum Gasteiger partial charge on any atom is 0.173 e. The zero-order valence-electron chi connectivity index (χ0n) is 18.0. The number of furan rings is 1. The van der Waals surface area contributed by atoms with Gasteiger partial charge in [0.25, 0.3) is 0 Å². The fraction of sp³-hybridized carbons (Fsp3) is 0.292. The molecule has 0 spiro atoms. The van der Waals surface area contributed by atoms with E-state index < -0.39 is 0 Å². The summed E-state index contributed by atoms with van der Waals surface area (Å²) in [5.41, 5.74) is 2.31. The van der Waals surface area contributed by atoms with Crippen molar-refractivity contribution in [2.45, 2.75) is 12.6 Å². The minimum absolute atomic E-state index is 0.131. The molecule has 0 amide bonds. The van der Waals surface area contributed by atoms with Crippen molar-refractivity contribution in [2.75, 3.05) is 38.2 Å². The van der Waals surface area contributed by atoms with Crippen LogP contribution in [0.3, 0.4) is 0 Å². The van der Waals surface area contributed by atoms with Gasteiger partial charge >= 0.3 is 0 Å². The second-order valence-electron chi connectivity index (χ2n) is 7.78. The molecule has 0 unspecified atom stereocenters. The lowest BCUT2D eigenvalue weighted by molar-refractivity contribution is 0.197. The Hall–Kier alpha value is -3.65. The second-order valence-corrected chi connectivity index (χ2v) is 7.78. The monoisotopic (exact) mass is 430 g/mol. The molecule has 1 fully saturated rings. The summed E-state index contributed by atoms with van der Waals surface area (Å²) >= 11 is 0. The number of benzene rings is 2. The highest BCUT2D eigenvalue weighted by Gasteiger charge is 2.32. The zero-order valence-corrected chi connectivity index (χ0v) is 18.0. The van der Waals surface area contributed by atoms with Crippen molar-refractivity contribution in [3.05, 3.63) is 90.1 Å². The number of tetrazole rings is 1. The molecule has 1 saturated heterocycles. The molecule has 32 heavy (non-hydrogen) atoms. The van der Waals surface area contributed by atoms with Crippen LogP contribution in [-0.2, 0) is 6.54 Å². The number of nitrogens with zero attached hydrogens (tertiary/aromatic N) is 6. The van der Waals surface area contributed by atoms with Crippen molar-refractivity contribution >= 4 is 5.69 Å². The van der Waals surface area contributed by atoms with Gasteiger partial charge in [-0.3, -0.25) is 4.90 Å². The maximum absolute atomic E-state index is 5.72. The van der Waals surface area contributed by atoms with Crippen molar-refractivity contribution in [3.8, 4) is 5.75 Å². The number of anilines is 1. The molecule has 1 aliphatic rings. The molecule has 0 aliphatic carbocycles. The average Bonchev–Trinajstić information content (AvgIpc) is 3.54. The van der Waals surface area contributed by atoms with Gasteiger partial charge in [-0.1, -0.05) is 36.4 Å². The predicted molar refractivity (Wildman–Crippen MR) is 121 cm³/mol. The van der Waals surface area contributed by atoms with E-state index in [9.17, 15) is 0 Å². The number of methoxy groups -OCH3 is 1. The molecule has 8 nitrogen and oxygen atoms in total. The fourth-order valence-corrected chi connectivity index (χ4v) is 4.34. The summed E-state index contributed by atoms with van der Waals surface area (Å²) in [6.45, 7) is 4.09. The SMILES string of the molecule is COc1ccccc1[C@H](c1nnnn1Cc1ccco1)N1CCN(c2ccccc2)CC1. The van der Waals surface area contributed by atoms with Gasteiger partial charge in [0.05, 0.1) is 13.4 Å². The third-order valence-corrected chi connectivity index (χ3v) is 5.92. The van der Waals surface area contributed by atoms with Gasteiger partial charge in [-0.25, -0.2) is 4.68 Å². The van der Waals surface area contributed by atoms with Gasteiger partial charge in [0.15, 0.2) is 5.82 Å². The zero-order chi connectivity index (χ0) is 21.8. The molecule has 2 aromatic heterocycles. The molecule has 8 heteroatoms. The van der Waals surface area contributed by atoms with E-state index in [1.807, 2.05) is 35.0 Å². The first-order valence-corrected chi connectivity index (χ1v) is 10.8. The van der Waals surface area contributed by atoms with Gasteiger partial charge in [-0.05, 0) is 40.8 Å². The number of aromatic nitrogens is 4. The lowest BCUT2D eigenvalue weighted by atomic mass is 10.0. The first-order chi connectivity index (χ1) is 15.8. The Morgan fingerprint density at radius 2 is 1.72 bits per heavy atom. The molecule has 0 bridgehead atoms. The van der Waals surface area contributed by atoms with Crippen LogP contribution >= 0.6 is 0 Å². The summed E-state index contributed by atoms with van der Waals surface area (Å²) in [5, 5.41) is 12.7. The molecule has 164 valence electrons. The van der Waals surface area contributed by atoms with Crippen molar-refractivity contribution in [2.24, 2.45) is 0 Å². The average molecular weight is 431 g/mol. The Morgan fingerprint density at radius 3 is 2.47 bits per heavy atom. The summed E-state index contributed by atoms with van der Waals surface area (Å²) in [7, 11) is 1.70. The van der Waals surface area contributed by atoms with Gasteiger partial charge in [0.2, 0.25) is 0 Å². The third kappa shape index (κ3) is 4.09. The molecule has 0 N–H and O–H groups in total. The highest BCUT2D eigenvalue weighted by molar-refractivity contribution is 5.46. The molecule has 3 heterocycles. The molecule has 5 rings (SSSR count). The Balaban J connectivity index is 1.46. The lowest BCUT2D eigenvalue weighted by Crippen LogP contribution is -2.48. The summed E-state index contributed by atoms with van der Waals surface area (Å²) in [5.74, 6) is 2.42. The minimum Gasteiger partial charge on any atom is -0.496 e. The van der Waals surface area contributed by atoms with Crippen LogP contribution in [0.5, 0.6) is 5.75 Å². The van der Waals surface area contributed by atoms with Crippen LogP contribution in [-0.4, -0.2) is 58.4 Å². The molecular weight excluding hydrogens is 404 g/mol. The van der Waals surface area contributed by atoms with Crippen LogP contribution in [0.2, 0.25) is 0 Å². The van der Waals surface area contributed by atoms with E-state index in [0.717, 1.165) is 49.1 Å². The fourth-order valence-electron chi connectivity index (χ4n) is 4.34. The van der Waals surface area contributed by atoms with Crippen LogP contribution in [0.4, 0.5) is 5.69 Å². The van der Waals surface area contributed by atoms with E-state index >= 15 is 0 Å². The van der Waals surface area contributed by atoms with Crippen LogP contribution in [0.15, 0.2) is 77.4 Å². The van der Waals surface area contributed by atoms with Crippen molar-refractivity contribution < 1.29 is 9.15 Å². The second kappa shape index (κ2) is 9.23. The van der Waals surface area contributed by atoms with Gasteiger partial charge in [-0.15, -0.1) is 5.10 Å². The topological polar surface area (TPSA) is 72.4 Å². The summed E-state index contributed by atoms with van der Waals surface area (Å²) < 4.78 is 13.1. The van der Waals surface area contributed by atoms with Gasteiger partial charge in [0.1, 0.15) is 24.1 Å². The Kier molecular flexibility index (Phi) is 5.85. The normalized spacial score (nSPS) is 15.6. The standard InChI is InChI=1S/C24H26N6O2/c1-31-22-12-6-5-11-21(22)23(24-25-26-27-30(24)18-20-10-7-17-32-20)29-15-13-28(14-16-29)19-8-3-2-4-9-19/h2-12,17,23H,13-16,18H2,1H3/t23-/m1/s1. The summed E-state index contributed by atoms with van der Waals surface area (Å²) in [4.78, 5) is 4.85. The number of rotatable bonds is 7. The van der Waals surface area contributed by atoms with Crippen LogP contribution in [0, 0.1) is 0 Å². The highest BCUT2D eigenvalue weighted by Crippen LogP contribution is 2.34. The minimum atomic E-state index is -0.131. The number of piperazine rings is 1. The van der Waals surface area contributed by atoms with E-state index in [-0.39, 0.29) is 6.04 Å². The maximum atomic E-state index is 5.72. The Bertz CT molecular complexity index is 1120. The van der Waals surface area contributed by atoms with Gasteiger partial charge in [0, 0.05) is 37.4 Å². The van der Waals surface area contributed by atoms with Crippen molar-refractivity contribution in [1.29, 1.82) is 0 Å². The van der Waals surface area contributed by atoms with E-state index in [2.05, 4.69) is 61.7 Å². The van der Waals surface area contributed by atoms with Crippen LogP contribution in [0.25, 0.3) is 0 Å². The van der Waals surface area contributed by atoms with Crippen molar-refractivity contribution in [3.63, 3.8) is 0 Å². The van der Waals surface area contributed by atoms with E-state index in [0.29, 0.717) is 6.54 Å². The van der Waals surface area contributed by atoms with Crippen LogP contribution in [0.1, 0.15) is 23.2 Å². The first kappa shape index (κ1) is 20.3. The molecular formula is C24H26N6O2. The molecule has 4 aromatic rings. The molecule has 1 atom stereocenters. The third-order valence-electron chi connectivity index (χ3n) is 5.92. The molecule has 2 aromatic carbocycles. The number of hydrogen-bond donors (Lipinski definition) is 0. The van der Waals surface area contributed by atoms with Crippen LogP contribution < -0.4 is 9.64 Å². The van der Waals surface area contributed by atoms with Gasteiger partial charge in [-0.2, -0.15) is 0 Å². The molecule has 0 radical (unpaired) electrons. The summed E-state index contributed by atoms with van der Waals surface area (Å²) in [6.07, 6.45) is 1.67. The Morgan fingerprint density at radius 1 is 0.938 bits per heavy atom. The van der Waals surface area contributed by atoms with E-state index in [1.54, 1.807) is 13.4 Å². The highest BCUT2D eigenvalue weighted by atomic mass is 16.5. The number of ether oxygens (including phenoxy) is 1. The predicted octanol–water partition coefficient (Wildman–Crippen LogP) is 3.23. The largest absolute Gasteiger partial charge is 0.496 e. The summed E-state index contributed by atoms with van der Waals surface area (Å²) in [6, 6.07) is 22.3. The van der Waals surface area contributed by atoms with Crippen molar-refractivity contribution in [1.82, 2.24) is 25.1 Å². The quantitative estimate of drug-likeness (QED) is 0.446. The van der Waals surface area contributed by atoms with Gasteiger partial charge < -0.3 is 14.1 Å². The number of hydrogen-bond acceptors (Lipinski definition) is 7. The molecule has 1 aliphatic heterocycles. The Labute approximate surface area is 187 Å². The van der Waals surface area contributed by atoms with E-state index in [1.165, 1.54) is 5.69 Å².